The molecule has 168 valence electrons. The van der Waals surface area contributed by atoms with Gasteiger partial charge in [-0.3, -0.25) is 14.5 Å². The molecule has 1 aliphatic rings. The average Bonchev–Trinajstić information content (AvgIpc) is 2.79. The highest BCUT2D eigenvalue weighted by Gasteiger charge is 2.40. The van der Waals surface area contributed by atoms with E-state index in [0.29, 0.717) is 33.6 Å². The molecule has 2 amide bonds. The predicted molar refractivity (Wildman–Crippen MR) is 120 cm³/mol. The number of allylic oxidation sites excluding steroid dienone is 1. The van der Waals surface area contributed by atoms with Crippen molar-refractivity contribution in [3.05, 3.63) is 58.8 Å². The third kappa shape index (κ3) is 4.55. The van der Waals surface area contributed by atoms with Crippen molar-refractivity contribution in [1.29, 1.82) is 0 Å². The summed E-state index contributed by atoms with van der Waals surface area (Å²) < 4.78 is 15.4. The van der Waals surface area contributed by atoms with E-state index in [1.165, 1.54) is 26.2 Å². The molecular formula is C23H23ClN2O6. The van der Waals surface area contributed by atoms with Crippen molar-refractivity contribution in [2.45, 2.75) is 13.3 Å². The van der Waals surface area contributed by atoms with Gasteiger partial charge in [-0.2, -0.15) is 0 Å². The van der Waals surface area contributed by atoms with Gasteiger partial charge in [0.05, 0.1) is 38.5 Å². The van der Waals surface area contributed by atoms with Crippen LogP contribution in [0, 0.1) is 5.92 Å². The second-order valence-corrected chi connectivity index (χ2v) is 7.44. The van der Waals surface area contributed by atoms with Crippen molar-refractivity contribution in [3.8, 4) is 11.5 Å². The number of amides is 2. The number of halogens is 1. The number of rotatable bonds is 6. The number of carbonyl (C=O) groups excluding carboxylic acids is 3. The predicted octanol–water partition coefficient (Wildman–Crippen LogP) is 3.80. The lowest BCUT2D eigenvalue weighted by Gasteiger charge is -2.33. The van der Waals surface area contributed by atoms with Crippen LogP contribution in [0.2, 0.25) is 5.02 Å². The minimum absolute atomic E-state index is 0.104. The Hall–Kier alpha value is -3.52. The first kappa shape index (κ1) is 23.1. The van der Waals surface area contributed by atoms with Crippen molar-refractivity contribution in [2.24, 2.45) is 5.92 Å². The van der Waals surface area contributed by atoms with Crippen molar-refractivity contribution in [3.63, 3.8) is 0 Å². The second kappa shape index (κ2) is 9.74. The van der Waals surface area contributed by atoms with Gasteiger partial charge < -0.3 is 19.5 Å². The van der Waals surface area contributed by atoms with Crippen LogP contribution in [-0.2, 0) is 19.1 Å². The molecule has 2 aromatic rings. The lowest BCUT2D eigenvalue weighted by molar-refractivity contribution is -0.138. The van der Waals surface area contributed by atoms with E-state index >= 15 is 0 Å². The largest absolute Gasteiger partial charge is 0.497 e. The van der Waals surface area contributed by atoms with Gasteiger partial charge in [-0.05, 0) is 43.3 Å². The number of hydrogen-bond acceptors (Lipinski definition) is 6. The van der Waals surface area contributed by atoms with Crippen LogP contribution in [0.25, 0.3) is 0 Å². The summed E-state index contributed by atoms with van der Waals surface area (Å²) >= 11 is 5.95. The number of nitrogens with one attached hydrogen (secondary N) is 1. The van der Waals surface area contributed by atoms with Gasteiger partial charge in [0.15, 0.2) is 0 Å². The van der Waals surface area contributed by atoms with E-state index in [1.807, 2.05) is 0 Å². The standard InChI is InChI=1S/C23H23ClN2O6/c1-13-21(23(29)32-4)17(12-20(27)26(13)15-7-5-14(24)6-8-15)22(28)25-18-10-9-16(30-2)11-19(18)31-3/h5-11,17H,12H2,1-4H3,(H,25,28)/t17-/m0/s1. The summed E-state index contributed by atoms with van der Waals surface area (Å²) in [5.41, 5.74) is 1.34. The Morgan fingerprint density at radius 2 is 1.75 bits per heavy atom. The van der Waals surface area contributed by atoms with Gasteiger partial charge in [0.25, 0.3) is 0 Å². The summed E-state index contributed by atoms with van der Waals surface area (Å²) in [6, 6.07) is 11.5. The van der Waals surface area contributed by atoms with Crippen LogP contribution in [0.15, 0.2) is 53.7 Å². The van der Waals surface area contributed by atoms with Gasteiger partial charge >= 0.3 is 5.97 Å². The van der Waals surface area contributed by atoms with Gasteiger partial charge in [-0.25, -0.2) is 4.79 Å². The zero-order valence-corrected chi connectivity index (χ0v) is 18.9. The first-order chi connectivity index (χ1) is 15.3. The molecule has 1 heterocycles. The molecule has 0 saturated heterocycles. The number of nitrogens with zero attached hydrogens (tertiary/aromatic N) is 1. The van der Waals surface area contributed by atoms with E-state index in [4.69, 9.17) is 25.8 Å². The smallest absolute Gasteiger partial charge is 0.336 e. The van der Waals surface area contributed by atoms with Gasteiger partial charge in [-0.1, -0.05) is 11.6 Å². The summed E-state index contributed by atoms with van der Waals surface area (Å²) in [7, 11) is 4.21. The monoisotopic (exact) mass is 458 g/mol. The lowest BCUT2D eigenvalue weighted by Crippen LogP contribution is -2.43. The first-order valence-electron chi connectivity index (χ1n) is 9.71. The Bertz CT molecular complexity index is 1080. The molecular weight excluding hydrogens is 436 g/mol. The van der Waals surface area contributed by atoms with Gasteiger partial charge in [-0.15, -0.1) is 0 Å². The van der Waals surface area contributed by atoms with E-state index in [9.17, 15) is 14.4 Å². The van der Waals surface area contributed by atoms with E-state index in [1.54, 1.807) is 49.4 Å². The van der Waals surface area contributed by atoms with E-state index in [-0.39, 0.29) is 17.9 Å². The highest BCUT2D eigenvalue weighted by atomic mass is 35.5. The van der Waals surface area contributed by atoms with Crippen molar-refractivity contribution >= 4 is 40.8 Å². The van der Waals surface area contributed by atoms with Crippen LogP contribution in [0.5, 0.6) is 11.5 Å². The van der Waals surface area contributed by atoms with Crippen molar-refractivity contribution in [1.82, 2.24) is 0 Å². The number of methoxy groups -OCH3 is 3. The molecule has 1 atom stereocenters. The maximum atomic E-state index is 13.2. The molecule has 3 rings (SSSR count). The number of hydrogen-bond donors (Lipinski definition) is 1. The zero-order chi connectivity index (χ0) is 23.4. The van der Waals surface area contributed by atoms with Crippen LogP contribution >= 0.6 is 11.6 Å². The summed E-state index contributed by atoms with van der Waals surface area (Å²) in [4.78, 5) is 40.2. The lowest BCUT2D eigenvalue weighted by atomic mass is 9.88. The van der Waals surface area contributed by atoms with Crippen LogP contribution in [0.3, 0.4) is 0 Å². The third-order valence-electron chi connectivity index (χ3n) is 5.17. The molecule has 8 nitrogen and oxygen atoms in total. The number of esters is 1. The molecule has 1 aliphatic heterocycles. The van der Waals surface area contributed by atoms with E-state index < -0.39 is 17.8 Å². The number of ether oxygens (including phenoxy) is 3. The Morgan fingerprint density at radius 1 is 1.06 bits per heavy atom. The Labute approximate surface area is 190 Å². The maximum absolute atomic E-state index is 13.2. The second-order valence-electron chi connectivity index (χ2n) is 7.01. The fourth-order valence-electron chi connectivity index (χ4n) is 3.60. The molecule has 0 radical (unpaired) electrons. The number of carbonyl (C=O) groups is 3. The van der Waals surface area contributed by atoms with Crippen LogP contribution < -0.4 is 19.7 Å². The molecule has 0 spiro atoms. The number of benzene rings is 2. The minimum atomic E-state index is -1.04. The quantitative estimate of drug-likeness (QED) is 0.662. The molecule has 0 fully saturated rings. The van der Waals surface area contributed by atoms with Crippen LogP contribution in [0.1, 0.15) is 13.3 Å². The molecule has 0 aliphatic carbocycles. The van der Waals surface area contributed by atoms with E-state index in [0.717, 1.165) is 0 Å². The number of anilines is 2. The zero-order valence-electron chi connectivity index (χ0n) is 18.1. The minimum Gasteiger partial charge on any atom is -0.497 e. The fourth-order valence-corrected chi connectivity index (χ4v) is 3.73. The van der Waals surface area contributed by atoms with Gasteiger partial charge in [0.1, 0.15) is 11.5 Å². The summed E-state index contributed by atoms with van der Waals surface area (Å²) in [5.74, 6) is -1.65. The van der Waals surface area contributed by atoms with Gasteiger partial charge in [0, 0.05) is 28.9 Å². The Kier molecular flexibility index (Phi) is 7.05. The molecule has 1 N–H and O–H groups in total. The highest BCUT2D eigenvalue weighted by molar-refractivity contribution is 6.30. The Morgan fingerprint density at radius 3 is 2.34 bits per heavy atom. The van der Waals surface area contributed by atoms with Gasteiger partial charge in [0.2, 0.25) is 11.8 Å². The molecule has 2 aromatic carbocycles. The summed E-state index contributed by atoms with van der Waals surface area (Å²) in [5, 5.41) is 3.26. The topological polar surface area (TPSA) is 94.2 Å². The highest BCUT2D eigenvalue weighted by Crippen LogP contribution is 2.36. The molecule has 32 heavy (non-hydrogen) atoms. The summed E-state index contributed by atoms with van der Waals surface area (Å²) in [6.07, 6.45) is -0.214. The molecule has 0 saturated carbocycles. The average molecular weight is 459 g/mol. The molecule has 0 unspecified atom stereocenters. The Balaban J connectivity index is 1.99. The van der Waals surface area contributed by atoms with Crippen molar-refractivity contribution < 1.29 is 28.6 Å². The maximum Gasteiger partial charge on any atom is 0.336 e. The molecule has 0 bridgehead atoms. The van der Waals surface area contributed by atoms with Crippen LogP contribution in [-0.4, -0.2) is 39.1 Å². The normalized spacial score (nSPS) is 16.0. The third-order valence-corrected chi connectivity index (χ3v) is 5.43. The molecule has 0 aromatic heterocycles. The van der Waals surface area contributed by atoms with Crippen molar-refractivity contribution in [2.75, 3.05) is 31.5 Å². The fraction of sp³-hybridized carbons (Fsp3) is 0.261. The SMILES string of the molecule is COC(=O)C1=C(C)N(c2ccc(Cl)cc2)C(=O)C[C@@H]1C(=O)Nc1ccc(OC)cc1OC. The first-order valence-corrected chi connectivity index (χ1v) is 10.1. The van der Waals surface area contributed by atoms with E-state index in [2.05, 4.69) is 5.32 Å². The summed E-state index contributed by atoms with van der Waals surface area (Å²) in [6.45, 7) is 1.60. The van der Waals surface area contributed by atoms with Crippen LogP contribution in [0.4, 0.5) is 11.4 Å². The molecule has 9 heteroatoms.